The second kappa shape index (κ2) is 4.80. The average molecular weight is 147 g/mol. The molecule has 6 heteroatoms. The molecular formula is C4H11N4O2-. The Labute approximate surface area is 59.1 Å². The van der Waals surface area contributed by atoms with E-state index in [0.29, 0.717) is 19.6 Å². The Morgan fingerprint density at radius 3 is 2.60 bits per heavy atom. The maximum absolute atomic E-state index is 10.4. The van der Waals surface area contributed by atoms with Gasteiger partial charge >= 0.3 is 0 Å². The molecule has 0 aromatic heterocycles. The van der Waals surface area contributed by atoms with Crippen molar-refractivity contribution in [1.29, 1.82) is 0 Å². The fourth-order valence-corrected chi connectivity index (χ4v) is 0.565. The monoisotopic (exact) mass is 147 g/mol. The SMILES string of the molecule is CCN(CCN)/[N+]([O-])=N\[O-]. The summed E-state index contributed by atoms with van der Waals surface area (Å²) < 4.78 is 0. The van der Waals surface area contributed by atoms with Crippen molar-refractivity contribution in [2.45, 2.75) is 6.92 Å². The van der Waals surface area contributed by atoms with E-state index in [1.54, 1.807) is 6.92 Å². The maximum atomic E-state index is 10.4. The second-order valence-electron chi connectivity index (χ2n) is 1.67. The smallest absolute Gasteiger partial charge is 0.0889 e. The second-order valence-corrected chi connectivity index (χ2v) is 1.67. The van der Waals surface area contributed by atoms with Crippen LogP contribution in [-0.4, -0.2) is 29.6 Å². The van der Waals surface area contributed by atoms with Crippen LogP contribution in [0.3, 0.4) is 0 Å². The van der Waals surface area contributed by atoms with Crippen LogP contribution in [0, 0.1) is 10.4 Å². The molecule has 60 valence electrons. The molecule has 0 bridgehead atoms. The number of nitrogens with zero attached hydrogens (tertiary/aromatic N) is 3. The van der Waals surface area contributed by atoms with Crippen molar-refractivity contribution < 1.29 is 4.97 Å². The number of hydrazine groups is 1. The Morgan fingerprint density at radius 1 is 1.70 bits per heavy atom. The third-order valence-electron chi connectivity index (χ3n) is 1.06. The fraction of sp³-hybridized carbons (Fsp3) is 1.00. The molecule has 0 rings (SSSR count). The van der Waals surface area contributed by atoms with Gasteiger partial charge in [-0.1, -0.05) is 0 Å². The Bertz CT molecular complexity index is 116. The zero-order valence-electron chi connectivity index (χ0n) is 5.86. The van der Waals surface area contributed by atoms with Gasteiger partial charge in [-0.25, -0.2) is 0 Å². The van der Waals surface area contributed by atoms with Crippen molar-refractivity contribution >= 4 is 0 Å². The molecule has 0 spiro atoms. The number of likely N-dealkylation sites (N-methyl/N-ethyl adjacent to an activating group) is 1. The van der Waals surface area contributed by atoms with Gasteiger partial charge in [0, 0.05) is 11.5 Å². The lowest BCUT2D eigenvalue weighted by Crippen LogP contribution is -2.34. The van der Waals surface area contributed by atoms with Gasteiger partial charge in [0.15, 0.2) is 0 Å². The minimum atomic E-state index is 0.00681. The molecule has 0 radical (unpaired) electrons. The number of nitrogens with two attached hydrogens (primary N) is 1. The van der Waals surface area contributed by atoms with E-state index >= 15 is 0 Å². The predicted molar refractivity (Wildman–Crippen MR) is 35.7 cm³/mol. The van der Waals surface area contributed by atoms with E-state index in [1.807, 2.05) is 0 Å². The highest BCUT2D eigenvalue weighted by molar-refractivity contribution is 4.40. The van der Waals surface area contributed by atoms with Crippen molar-refractivity contribution in [3.63, 3.8) is 0 Å². The molecule has 0 atom stereocenters. The molecule has 0 aromatic rings. The summed E-state index contributed by atoms with van der Waals surface area (Å²) in [6.07, 6.45) is 0. The molecule has 0 aromatic carbocycles. The maximum Gasteiger partial charge on any atom is 0.0889 e. The van der Waals surface area contributed by atoms with Crippen LogP contribution in [0.5, 0.6) is 0 Å². The summed E-state index contributed by atoms with van der Waals surface area (Å²) in [7, 11) is 0. The van der Waals surface area contributed by atoms with Gasteiger partial charge in [0.2, 0.25) is 0 Å². The number of rotatable bonds is 4. The minimum absolute atomic E-state index is 0.00681. The van der Waals surface area contributed by atoms with Gasteiger partial charge in [-0.05, 0) is 12.2 Å². The Hall–Kier alpha value is -1.04. The molecule has 0 saturated heterocycles. The van der Waals surface area contributed by atoms with Crippen LogP contribution in [0.4, 0.5) is 0 Å². The van der Waals surface area contributed by atoms with Crippen molar-refractivity contribution in [3.8, 4) is 0 Å². The highest BCUT2D eigenvalue weighted by Crippen LogP contribution is 1.86. The van der Waals surface area contributed by atoms with E-state index in [0.717, 1.165) is 0 Å². The van der Waals surface area contributed by atoms with Crippen LogP contribution in [0.2, 0.25) is 0 Å². The lowest BCUT2D eigenvalue weighted by atomic mass is 10.6. The van der Waals surface area contributed by atoms with E-state index in [1.165, 1.54) is 5.01 Å². The van der Waals surface area contributed by atoms with Crippen molar-refractivity contribution in [3.05, 3.63) is 10.4 Å². The summed E-state index contributed by atoms with van der Waals surface area (Å²) >= 11 is 0. The first-order valence-corrected chi connectivity index (χ1v) is 3.01. The molecule has 6 nitrogen and oxygen atoms in total. The van der Waals surface area contributed by atoms with Gasteiger partial charge in [0.1, 0.15) is 0 Å². The van der Waals surface area contributed by atoms with Gasteiger partial charge in [-0.2, -0.15) is 0 Å². The molecule has 0 aliphatic carbocycles. The van der Waals surface area contributed by atoms with Gasteiger partial charge in [0.05, 0.1) is 13.1 Å². The van der Waals surface area contributed by atoms with Gasteiger partial charge < -0.3 is 16.1 Å². The summed E-state index contributed by atoms with van der Waals surface area (Å²) in [6, 6.07) is 0. The fourth-order valence-electron chi connectivity index (χ4n) is 0.565. The first-order chi connectivity index (χ1) is 4.76. The molecule has 10 heavy (non-hydrogen) atoms. The van der Waals surface area contributed by atoms with Crippen molar-refractivity contribution in [2.24, 2.45) is 11.0 Å². The van der Waals surface area contributed by atoms with E-state index in [-0.39, 0.29) is 4.97 Å². The topological polar surface area (TPSA) is 90.8 Å². The van der Waals surface area contributed by atoms with Gasteiger partial charge in [0.25, 0.3) is 0 Å². The Kier molecular flexibility index (Phi) is 4.30. The molecule has 0 aliphatic rings. The molecule has 0 unspecified atom stereocenters. The Morgan fingerprint density at radius 2 is 2.30 bits per heavy atom. The summed E-state index contributed by atoms with van der Waals surface area (Å²) in [6.45, 7) is 2.87. The van der Waals surface area contributed by atoms with Crippen LogP contribution >= 0.6 is 0 Å². The van der Waals surface area contributed by atoms with Gasteiger partial charge in [-0.3, -0.25) is 0 Å². The largest absolute Gasteiger partial charge is 0.737 e. The number of hydrogen-bond donors (Lipinski definition) is 1. The first-order valence-electron chi connectivity index (χ1n) is 3.01. The molecule has 2 N–H and O–H groups in total. The average Bonchev–Trinajstić information content (AvgIpc) is 1.99. The van der Waals surface area contributed by atoms with Gasteiger partial charge in [-0.15, -0.1) is 5.01 Å². The van der Waals surface area contributed by atoms with Crippen molar-refractivity contribution in [1.82, 2.24) is 5.01 Å². The zero-order chi connectivity index (χ0) is 7.98. The van der Waals surface area contributed by atoms with Crippen molar-refractivity contribution in [2.75, 3.05) is 19.6 Å². The normalized spacial score (nSPS) is 11.6. The highest BCUT2D eigenvalue weighted by Gasteiger charge is 2.04. The van der Waals surface area contributed by atoms with E-state index in [4.69, 9.17) is 5.73 Å². The number of hydrogen-bond acceptors (Lipinski definition) is 4. The lowest BCUT2D eigenvalue weighted by Gasteiger charge is -2.16. The molecule has 0 aliphatic heterocycles. The van der Waals surface area contributed by atoms with Crippen LogP contribution < -0.4 is 5.73 Å². The molecule has 0 fully saturated rings. The molecule has 0 amide bonds. The lowest BCUT2D eigenvalue weighted by molar-refractivity contribution is -0.689. The molecule has 0 heterocycles. The van der Waals surface area contributed by atoms with Crippen LogP contribution in [0.25, 0.3) is 0 Å². The minimum Gasteiger partial charge on any atom is -0.737 e. The zero-order valence-corrected chi connectivity index (χ0v) is 5.86. The van der Waals surface area contributed by atoms with E-state index < -0.39 is 0 Å². The summed E-state index contributed by atoms with van der Waals surface area (Å²) in [5, 5.41) is 23.5. The molecular weight excluding hydrogens is 136 g/mol. The first kappa shape index (κ1) is 8.96. The summed E-state index contributed by atoms with van der Waals surface area (Å²) in [4.78, 5) is 0.00681. The third kappa shape index (κ3) is 2.49. The highest BCUT2D eigenvalue weighted by atomic mass is 16.6. The third-order valence-corrected chi connectivity index (χ3v) is 1.06. The van der Waals surface area contributed by atoms with Crippen LogP contribution in [0.15, 0.2) is 5.28 Å². The summed E-state index contributed by atoms with van der Waals surface area (Å²) in [5.74, 6) is 0. The summed E-state index contributed by atoms with van der Waals surface area (Å²) in [5.41, 5.74) is 5.15. The standard InChI is InChI=1S/C4H12N4O2/c1-2-7(4-3-5)8(10)6-9/h9H,2-5H2,1H3/p-1/b8-6+. The van der Waals surface area contributed by atoms with Crippen LogP contribution in [-0.2, 0) is 0 Å². The van der Waals surface area contributed by atoms with Crippen LogP contribution in [0.1, 0.15) is 6.92 Å². The van der Waals surface area contributed by atoms with E-state index in [2.05, 4.69) is 5.28 Å². The quantitative estimate of drug-likeness (QED) is 0.334. The predicted octanol–water partition coefficient (Wildman–Crippen LogP) is -0.358. The molecule has 0 saturated carbocycles. The van der Waals surface area contributed by atoms with E-state index in [9.17, 15) is 10.4 Å². The Balaban J connectivity index is 3.80.